The third kappa shape index (κ3) is 5.61. The SMILES string of the molecule is Cn1ccnc1SCC(=O)Nc1ccc(C(=O)N2CCN(Cc3cccc4ccccc34)CC2)cc1. The number of piperazine rings is 1. The van der Waals surface area contributed by atoms with Gasteiger partial charge >= 0.3 is 0 Å². The Kier molecular flexibility index (Phi) is 7.34. The molecule has 1 fully saturated rings. The number of hydrogen-bond donors (Lipinski definition) is 1. The molecule has 0 aliphatic carbocycles. The highest BCUT2D eigenvalue weighted by Crippen LogP contribution is 2.21. The molecule has 1 aliphatic rings. The van der Waals surface area contributed by atoms with Crippen molar-refractivity contribution in [2.75, 3.05) is 37.2 Å². The van der Waals surface area contributed by atoms with E-state index in [0.29, 0.717) is 24.3 Å². The molecular formula is C28H29N5O2S. The topological polar surface area (TPSA) is 70.5 Å². The fourth-order valence-electron chi connectivity index (χ4n) is 4.48. The number of imidazole rings is 1. The molecule has 36 heavy (non-hydrogen) atoms. The molecule has 0 radical (unpaired) electrons. The highest BCUT2D eigenvalue weighted by atomic mass is 32.2. The first kappa shape index (κ1) is 24.1. The highest BCUT2D eigenvalue weighted by molar-refractivity contribution is 7.99. The zero-order valence-corrected chi connectivity index (χ0v) is 21.1. The van der Waals surface area contributed by atoms with Crippen LogP contribution in [0.3, 0.4) is 0 Å². The van der Waals surface area contributed by atoms with Gasteiger partial charge in [-0.3, -0.25) is 14.5 Å². The number of fused-ring (bicyclic) bond motifs is 1. The minimum atomic E-state index is -0.107. The van der Waals surface area contributed by atoms with E-state index in [0.717, 1.165) is 24.8 Å². The van der Waals surface area contributed by atoms with Crippen LogP contribution in [0, 0.1) is 0 Å². The number of aryl methyl sites for hydroxylation is 1. The van der Waals surface area contributed by atoms with E-state index in [1.165, 1.54) is 28.1 Å². The summed E-state index contributed by atoms with van der Waals surface area (Å²) in [7, 11) is 1.90. The monoisotopic (exact) mass is 499 g/mol. The van der Waals surface area contributed by atoms with Crippen molar-refractivity contribution in [1.82, 2.24) is 19.4 Å². The average Bonchev–Trinajstić information content (AvgIpc) is 3.33. The summed E-state index contributed by atoms with van der Waals surface area (Å²) >= 11 is 1.38. The number of thioether (sulfide) groups is 1. The Morgan fingerprint density at radius 2 is 1.69 bits per heavy atom. The lowest BCUT2D eigenvalue weighted by molar-refractivity contribution is -0.113. The minimum Gasteiger partial charge on any atom is -0.336 e. The van der Waals surface area contributed by atoms with Crippen LogP contribution in [-0.4, -0.2) is 63.1 Å². The van der Waals surface area contributed by atoms with E-state index in [1.807, 2.05) is 22.7 Å². The molecule has 2 amide bonds. The second-order valence-electron chi connectivity index (χ2n) is 8.94. The average molecular weight is 500 g/mol. The maximum absolute atomic E-state index is 13.0. The Morgan fingerprint density at radius 3 is 2.44 bits per heavy atom. The van der Waals surface area contributed by atoms with Crippen molar-refractivity contribution >= 4 is 40.0 Å². The van der Waals surface area contributed by atoms with Gasteiger partial charge < -0.3 is 14.8 Å². The van der Waals surface area contributed by atoms with E-state index >= 15 is 0 Å². The number of aromatic nitrogens is 2. The first-order valence-corrected chi connectivity index (χ1v) is 13.0. The van der Waals surface area contributed by atoms with Gasteiger partial charge in [0.15, 0.2) is 5.16 Å². The summed E-state index contributed by atoms with van der Waals surface area (Å²) in [4.78, 5) is 33.8. The molecule has 1 saturated heterocycles. The Hall–Kier alpha value is -3.62. The van der Waals surface area contributed by atoms with E-state index in [-0.39, 0.29) is 17.6 Å². The predicted molar refractivity (Wildman–Crippen MR) is 144 cm³/mol. The van der Waals surface area contributed by atoms with Crippen molar-refractivity contribution in [2.24, 2.45) is 7.05 Å². The van der Waals surface area contributed by atoms with Gasteiger partial charge in [0.25, 0.3) is 5.91 Å². The van der Waals surface area contributed by atoms with Gasteiger partial charge in [-0.05, 0) is 40.6 Å². The van der Waals surface area contributed by atoms with Gasteiger partial charge in [0.05, 0.1) is 5.75 Å². The largest absolute Gasteiger partial charge is 0.336 e. The Labute approximate surface area is 215 Å². The number of anilines is 1. The van der Waals surface area contributed by atoms with Crippen molar-refractivity contribution in [1.29, 1.82) is 0 Å². The molecule has 2 heterocycles. The van der Waals surface area contributed by atoms with Crippen LogP contribution in [0.5, 0.6) is 0 Å². The molecule has 0 spiro atoms. The molecule has 5 rings (SSSR count). The van der Waals surface area contributed by atoms with Crippen LogP contribution in [-0.2, 0) is 18.4 Å². The fraction of sp³-hybridized carbons (Fsp3) is 0.250. The standard InChI is InChI=1S/C28H29N5O2S/c1-31-14-13-29-28(31)36-20-26(34)30-24-11-9-22(10-12-24)27(35)33-17-15-32(16-18-33)19-23-7-4-6-21-5-2-3-8-25(21)23/h2-14H,15-20H2,1H3,(H,30,34). The van der Waals surface area contributed by atoms with Crippen molar-refractivity contribution in [2.45, 2.75) is 11.7 Å². The lowest BCUT2D eigenvalue weighted by atomic mass is 10.0. The normalized spacial score (nSPS) is 14.2. The molecular weight excluding hydrogens is 470 g/mol. The van der Waals surface area contributed by atoms with E-state index in [4.69, 9.17) is 0 Å². The Balaban J connectivity index is 1.11. The molecule has 0 bridgehead atoms. The summed E-state index contributed by atoms with van der Waals surface area (Å²) in [5, 5.41) is 6.23. The zero-order valence-electron chi connectivity index (χ0n) is 20.3. The molecule has 184 valence electrons. The van der Waals surface area contributed by atoms with Crippen LogP contribution < -0.4 is 5.32 Å². The maximum Gasteiger partial charge on any atom is 0.253 e. The van der Waals surface area contributed by atoms with Gasteiger partial charge in [-0.1, -0.05) is 54.2 Å². The number of hydrogen-bond acceptors (Lipinski definition) is 5. The number of carbonyl (C=O) groups excluding carboxylic acids is 2. The number of rotatable bonds is 7. The molecule has 7 nitrogen and oxygen atoms in total. The number of carbonyl (C=O) groups is 2. The van der Waals surface area contributed by atoms with E-state index in [1.54, 1.807) is 30.5 Å². The van der Waals surface area contributed by atoms with Crippen LogP contribution in [0.2, 0.25) is 0 Å². The lowest BCUT2D eigenvalue weighted by Crippen LogP contribution is -2.48. The van der Waals surface area contributed by atoms with Gasteiger partial charge in [-0.2, -0.15) is 0 Å². The van der Waals surface area contributed by atoms with Gasteiger partial charge in [0.2, 0.25) is 5.91 Å². The van der Waals surface area contributed by atoms with Crippen LogP contribution in [0.4, 0.5) is 5.69 Å². The molecule has 3 aromatic carbocycles. The van der Waals surface area contributed by atoms with Gasteiger partial charge in [-0.25, -0.2) is 4.98 Å². The van der Waals surface area contributed by atoms with Crippen LogP contribution in [0.1, 0.15) is 15.9 Å². The number of nitrogens with one attached hydrogen (secondary N) is 1. The van der Waals surface area contributed by atoms with Crippen LogP contribution >= 0.6 is 11.8 Å². The summed E-state index contributed by atoms with van der Waals surface area (Å²) in [6, 6.07) is 22.1. The summed E-state index contributed by atoms with van der Waals surface area (Å²) in [5.74, 6) is 0.196. The van der Waals surface area contributed by atoms with Crippen LogP contribution in [0.15, 0.2) is 84.3 Å². The third-order valence-corrected chi connectivity index (χ3v) is 7.52. The van der Waals surface area contributed by atoms with Gasteiger partial charge in [-0.15, -0.1) is 0 Å². The van der Waals surface area contributed by atoms with Crippen molar-refractivity contribution in [3.05, 3.63) is 90.3 Å². The van der Waals surface area contributed by atoms with Crippen molar-refractivity contribution in [3.8, 4) is 0 Å². The summed E-state index contributed by atoms with van der Waals surface area (Å²) < 4.78 is 1.88. The summed E-state index contributed by atoms with van der Waals surface area (Å²) in [5.41, 5.74) is 2.64. The fourth-order valence-corrected chi connectivity index (χ4v) is 5.21. The number of benzene rings is 3. The first-order valence-electron chi connectivity index (χ1n) is 12.0. The Morgan fingerprint density at radius 1 is 0.944 bits per heavy atom. The molecule has 1 aliphatic heterocycles. The van der Waals surface area contributed by atoms with E-state index in [9.17, 15) is 9.59 Å². The maximum atomic E-state index is 13.0. The third-order valence-electron chi connectivity index (χ3n) is 6.46. The van der Waals surface area contributed by atoms with Crippen molar-refractivity contribution in [3.63, 3.8) is 0 Å². The molecule has 4 aromatic rings. The second-order valence-corrected chi connectivity index (χ2v) is 9.88. The molecule has 1 aromatic heterocycles. The first-order chi connectivity index (χ1) is 17.6. The second kappa shape index (κ2) is 11.0. The lowest BCUT2D eigenvalue weighted by Gasteiger charge is -2.35. The highest BCUT2D eigenvalue weighted by Gasteiger charge is 2.22. The number of nitrogens with zero attached hydrogens (tertiary/aromatic N) is 4. The number of amides is 2. The van der Waals surface area contributed by atoms with Gasteiger partial charge in [0, 0.05) is 63.4 Å². The molecule has 1 N–H and O–H groups in total. The van der Waals surface area contributed by atoms with Gasteiger partial charge in [0.1, 0.15) is 0 Å². The van der Waals surface area contributed by atoms with Crippen molar-refractivity contribution < 1.29 is 9.59 Å². The van der Waals surface area contributed by atoms with E-state index < -0.39 is 0 Å². The summed E-state index contributed by atoms with van der Waals surface area (Å²) in [6.07, 6.45) is 3.56. The Bertz CT molecular complexity index is 1350. The van der Waals surface area contributed by atoms with E-state index in [2.05, 4.69) is 57.7 Å². The molecule has 8 heteroatoms. The molecule has 0 saturated carbocycles. The predicted octanol–water partition coefficient (Wildman–Crippen LogP) is 4.26. The summed E-state index contributed by atoms with van der Waals surface area (Å²) in [6.45, 7) is 3.97. The zero-order chi connectivity index (χ0) is 24.9. The molecule has 0 unspecified atom stereocenters. The molecule has 0 atom stereocenters. The quantitative estimate of drug-likeness (QED) is 0.385. The minimum absolute atomic E-state index is 0.0306. The smallest absolute Gasteiger partial charge is 0.253 e. The van der Waals surface area contributed by atoms with Crippen LogP contribution in [0.25, 0.3) is 10.8 Å².